The molecular weight excluding hydrogens is 274 g/mol. The minimum atomic E-state index is -0.463. The Bertz CT molecular complexity index is 490. The molecule has 6 nitrogen and oxygen atoms in total. The first kappa shape index (κ1) is 14.5. The Kier molecular flexibility index (Phi) is 3.51. The second kappa shape index (κ2) is 5.09. The van der Waals surface area contributed by atoms with Gasteiger partial charge in [-0.25, -0.2) is 0 Å². The summed E-state index contributed by atoms with van der Waals surface area (Å²) in [5, 5.41) is 0. The Labute approximate surface area is 123 Å². The summed E-state index contributed by atoms with van der Waals surface area (Å²) in [4.78, 5) is 37.6. The predicted octanol–water partition coefficient (Wildman–Crippen LogP) is 0.535. The Morgan fingerprint density at radius 1 is 1.24 bits per heavy atom. The Balaban J connectivity index is 1.69. The molecule has 3 fully saturated rings. The van der Waals surface area contributed by atoms with Crippen molar-refractivity contribution in [1.82, 2.24) is 4.90 Å². The van der Waals surface area contributed by atoms with E-state index in [-0.39, 0.29) is 42.1 Å². The van der Waals surface area contributed by atoms with Gasteiger partial charge in [-0.05, 0) is 32.6 Å². The molecule has 0 radical (unpaired) electrons. The van der Waals surface area contributed by atoms with Gasteiger partial charge in [-0.3, -0.25) is 19.3 Å². The molecule has 0 aromatic heterocycles. The van der Waals surface area contributed by atoms with Crippen LogP contribution < -0.4 is 0 Å². The van der Waals surface area contributed by atoms with Gasteiger partial charge in [0.25, 0.3) is 0 Å². The van der Waals surface area contributed by atoms with E-state index in [1.165, 1.54) is 0 Å². The van der Waals surface area contributed by atoms with Gasteiger partial charge in [0, 0.05) is 12.5 Å². The summed E-state index contributed by atoms with van der Waals surface area (Å²) in [5.74, 6) is -0.217. The average Bonchev–Trinajstić information content (AvgIpc) is 3.09. The first-order valence-corrected chi connectivity index (χ1v) is 7.67. The molecule has 5 atom stereocenters. The molecule has 0 N–H and O–H groups in total. The number of ether oxygens (including phenoxy) is 2. The number of hydrogen-bond donors (Lipinski definition) is 0. The SMILES string of the molecule is CCOC(=O)CN1C2CC(C(=O)OCC)CC3CC(=O)C321. The second-order valence-electron chi connectivity index (χ2n) is 6.02. The van der Waals surface area contributed by atoms with E-state index in [1.54, 1.807) is 13.8 Å². The molecule has 3 rings (SSSR count). The molecule has 1 aliphatic heterocycles. The third-order valence-electron chi connectivity index (χ3n) is 5.09. The molecule has 21 heavy (non-hydrogen) atoms. The van der Waals surface area contributed by atoms with Crippen molar-refractivity contribution >= 4 is 17.7 Å². The van der Waals surface area contributed by atoms with Crippen LogP contribution >= 0.6 is 0 Å². The normalized spacial score (nSPS) is 39.6. The molecule has 0 aromatic rings. The highest BCUT2D eigenvalue weighted by molar-refractivity contribution is 6.01. The van der Waals surface area contributed by atoms with Crippen molar-refractivity contribution in [2.45, 2.75) is 44.7 Å². The zero-order valence-electron chi connectivity index (χ0n) is 12.5. The van der Waals surface area contributed by atoms with Gasteiger partial charge in [0.15, 0.2) is 5.78 Å². The molecule has 0 aromatic carbocycles. The van der Waals surface area contributed by atoms with Gasteiger partial charge in [-0.15, -0.1) is 0 Å². The lowest BCUT2D eigenvalue weighted by Crippen LogP contribution is -2.54. The maximum Gasteiger partial charge on any atom is 0.320 e. The number of nitrogens with zero attached hydrogens (tertiary/aromatic N) is 1. The first-order chi connectivity index (χ1) is 10.1. The lowest BCUT2D eigenvalue weighted by Gasteiger charge is -2.40. The van der Waals surface area contributed by atoms with Crippen LogP contribution in [0.5, 0.6) is 0 Å². The van der Waals surface area contributed by atoms with E-state index in [1.807, 2.05) is 4.90 Å². The molecule has 1 spiro atoms. The van der Waals surface area contributed by atoms with Gasteiger partial charge in [-0.1, -0.05) is 0 Å². The van der Waals surface area contributed by atoms with Gasteiger partial charge >= 0.3 is 11.9 Å². The van der Waals surface area contributed by atoms with E-state index in [0.717, 1.165) is 0 Å². The van der Waals surface area contributed by atoms with Crippen molar-refractivity contribution < 1.29 is 23.9 Å². The van der Waals surface area contributed by atoms with Crippen LogP contribution in [0.2, 0.25) is 0 Å². The van der Waals surface area contributed by atoms with Crippen molar-refractivity contribution in [2.24, 2.45) is 11.8 Å². The topological polar surface area (TPSA) is 72.7 Å². The van der Waals surface area contributed by atoms with Gasteiger partial charge in [0.2, 0.25) is 0 Å². The summed E-state index contributed by atoms with van der Waals surface area (Å²) < 4.78 is 10.1. The lowest BCUT2D eigenvalue weighted by atomic mass is 9.61. The molecule has 2 saturated carbocycles. The number of carbonyl (C=O) groups excluding carboxylic acids is 3. The van der Waals surface area contributed by atoms with E-state index in [4.69, 9.17) is 9.47 Å². The number of likely N-dealkylation sites (tertiary alicyclic amines) is 1. The number of esters is 2. The minimum Gasteiger partial charge on any atom is -0.466 e. The minimum absolute atomic E-state index is 0.0105. The molecule has 2 aliphatic carbocycles. The van der Waals surface area contributed by atoms with E-state index in [0.29, 0.717) is 32.5 Å². The molecule has 116 valence electrons. The van der Waals surface area contributed by atoms with Crippen LogP contribution in [-0.2, 0) is 23.9 Å². The largest absolute Gasteiger partial charge is 0.466 e. The third-order valence-corrected chi connectivity index (χ3v) is 5.09. The molecule has 5 unspecified atom stereocenters. The number of hydrogen-bond acceptors (Lipinski definition) is 6. The predicted molar refractivity (Wildman–Crippen MR) is 72.3 cm³/mol. The van der Waals surface area contributed by atoms with Crippen LogP contribution in [0.4, 0.5) is 0 Å². The van der Waals surface area contributed by atoms with Gasteiger partial charge in [0.1, 0.15) is 0 Å². The Morgan fingerprint density at radius 2 is 1.95 bits per heavy atom. The van der Waals surface area contributed by atoms with Crippen molar-refractivity contribution in [3.63, 3.8) is 0 Å². The average molecular weight is 295 g/mol. The fraction of sp³-hybridized carbons (Fsp3) is 0.800. The van der Waals surface area contributed by atoms with Crippen molar-refractivity contribution in [2.75, 3.05) is 19.8 Å². The van der Waals surface area contributed by atoms with Crippen LogP contribution in [0.15, 0.2) is 0 Å². The Hall–Kier alpha value is -1.43. The standard InChI is InChI=1S/C15H21NO5/c1-3-20-13(18)8-16-11-6-9(14(19)21-4-2)5-10-7-12(17)15(10,11)16/h9-11H,3-8H2,1-2H3. The number of carbonyl (C=O) groups is 3. The maximum atomic E-state index is 12.1. The van der Waals surface area contributed by atoms with Crippen molar-refractivity contribution in [3.05, 3.63) is 0 Å². The molecule has 1 saturated heterocycles. The maximum absolute atomic E-state index is 12.1. The molecule has 3 aliphatic rings. The Morgan fingerprint density at radius 3 is 2.57 bits per heavy atom. The van der Waals surface area contributed by atoms with E-state index < -0.39 is 5.54 Å². The van der Waals surface area contributed by atoms with Crippen LogP contribution in [0.3, 0.4) is 0 Å². The highest BCUT2D eigenvalue weighted by Gasteiger charge is 2.78. The van der Waals surface area contributed by atoms with E-state index in [2.05, 4.69) is 0 Å². The monoisotopic (exact) mass is 295 g/mol. The van der Waals surface area contributed by atoms with Crippen LogP contribution in [0.25, 0.3) is 0 Å². The summed E-state index contributed by atoms with van der Waals surface area (Å²) >= 11 is 0. The molecule has 6 heteroatoms. The summed E-state index contributed by atoms with van der Waals surface area (Å²) in [5.41, 5.74) is -0.463. The van der Waals surface area contributed by atoms with Crippen LogP contribution in [-0.4, -0.2) is 54.0 Å². The fourth-order valence-corrected chi connectivity index (χ4v) is 4.23. The first-order valence-electron chi connectivity index (χ1n) is 7.67. The number of ketones is 1. The molecule has 0 bridgehead atoms. The lowest BCUT2D eigenvalue weighted by molar-refractivity contribution is -0.152. The van der Waals surface area contributed by atoms with Crippen molar-refractivity contribution in [1.29, 1.82) is 0 Å². The second-order valence-corrected chi connectivity index (χ2v) is 6.02. The zero-order valence-corrected chi connectivity index (χ0v) is 12.5. The third kappa shape index (κ3) is 1.99. The zero-order chi connectivity index (χ0) is 15.2. The quantitative estimate of drug-likeness (QED) is 0.544. The number of Topliss-reactive ketones (excluding diaryl/α,β-unsaturated/α-hetero) is 1. The molecule has 0 amide bonds. The van der Waals surface area contributed by atoms with Crippen LogP contribution in [0, 0.1) is 11.8 Å². The summed E-state index contributed by atoms with van der Waals surface area (Å²) in [6, 6.07) is 0.0105. The summed E-state index contributed by atoms with van der Waals surface area (Å²) in [6.45, 7) is 4.42. The number of rotatable bonds is 5. The van der Waals surface area contributed by atoms with Crippen LogP contribution in [0.1, 0.15) is 33.1 Å². The highest BCUT2D eigenvalue weighted by atomic mass is 16.5. The van der Waals surface area contributed by atoms with Gasteiger partial charge < -0.3 is 9.47 Å². The van der Waals surface area contributed by atoms with Crippen molar-refractivity contribution in [3.8, 4) is 0 Å². The van der Waals surface area contributed by atoms with Gasteiger partial charge in [-0.2, -0.15) is 0 Å². The highest BCUT2D eigenvalue weighted by Crippen LogP contribution is 2.63. The fourth-order valence-electron chi connectivity index (χ4n) is 4.23. The molecular formula is C15H21NO5. The van der Waals surface area contributed by atoms with Gasteiger partial charge in [0.05, 0.1) is 31.2 Å². The smallest absolute Gasteiger partial charge is 0.320 e. The van der Waals surface area contributed by atoms with E-state index >= 15 is 0 Å². The summed E-state index contributed by atoms with van der Waals surface area (Å²) in [7, 11) is 0. The van der Waals surface area contributed by atoms with E-state index in [9.17, 15) is 14.4 Å². The molecule has 1 heterocycles. The summed E-state index contributed by atoms with van der Waals surface area (Å²) in [6.07, 6.45) is 1.83.